The number of fused-ring (bicyclic) bond motifs is 2. The van der Waals surface area contributed by atoms with E-state index < -0.39 is 0 Å². The van der Waals surface area contributed by atoms with Crippen molar-refractivity contribution in [2.75, 3.05) is 6.61 Å². The van der Waals surface area contributed by atoms with Gasteiger partial charge in [-0.1, -0.05) is 17.7 Å². The molecule has 2 atom stereocenters. The molecule has 10 nitrogen and oxygen atoms in total. The molecule has 2 aliphatic carbocycles. The number of imidazole rings is 2. The lowest BCUT2D eigenvalue weighted by Gasteiger charge is -2.07. The standard InChI is InChI=1S/C29H28ClN7O3/c1-2-40-29(39)24-9-22(24)23-7-18(17-3-4-17)12-36-14-21(34-27(23)36)15-37-13-19(10-33-37)28(38)31-11-25-26-8-20(30)5-6-35(26)16-32-25/h5-8,10,12-14,16-17,22,24H,2-4,9,11,15H2,1H3,(H,31,38). The molecule has 5 heterocycles. The molecule has 0 aliphatic heterocycles. The van der Waals surface area contributed by atoms with Crippen LogP contribution in [0.1, 0.15) is 70.9 Å². The lowest BCUT2D eigenvalue weighted by molar-refractivity contribution is -0.144. The number of nitrogens with zero attached hydrogens (tertiary/aromatic N) is 6. The quantitative estimate of drug-likeness (QED) is 0.270. The predicted octanol–water partition coefficient (Wildman–Crippen LogP) is 4.35. The van der Waals surface area contributed by atoms with Crippen LogP contribution in [0.4, 0.5) is 0 Å². The Bertz CT molecular complexity index is 1770. The number of hydrogen-bond acceptors (Lipinski definition) is 6. The van der Waals surface area contributed by atoms with Crippen molar-refractivity contribution in [1.82, 2.24) is 33.9 Å². The molecule has 204 valence electrons. The van der Waals surface area contributed by atoms with Crippen molar-refractivity contribution < 1.29 is 14.3 Å². The largest absolute Gasteiger partial charge is 0.466 e. The molecule has 2 unspecified atom stereocenters. The molecule has 5 aromatic rings. The topological polar surface area (TPSA) is 108 Å². The predicted molar refractivity (Wildman–Crippen MR) is 147 cm³/mol. The van der Waals surface area contributed by atoms with Gasteiger partial charge in [-0.05, 0) is 55.4 Å². The van der Waals surface area contributed by atoms with Gasteiger partial charge in [-0.3, -0.25) is 14.3 Å². The normalized spacial score (nSPS) is 18.4. The Balaban J connectivity index is 1.07. The van der Waals surface area contributed by atoms with Crippen molar-refractivity contribution in [2.45, 2.75) is 51.1 Å². The number of carbonyl (C=O) groups excluding carboxylic acids is 2. The molecule has 0 aromatic carbocycles. The van der Waals surface area contributed by atoms with Gasteiger partial charge in [-0.2, -0.15) is 5.10 Å². The van der Waals surface area contributed by atoms with Crippen LogP contribution in [0, 0.1) is 5.92 Å². The molecule has 0 radical (unpaired) electrons. The summed E-state index contributed by atoms with van der Waals surface area (Å²) in [7, 11) is 0. The minimum Gasteiger partial charge on any atom is -0.466 e. The van der Waals surface area contributed by atoms with Gasteiger partial charge < -0.3 is 18.9 Å². The van der Waals surface area contributed by atoms with Gasteiger partial charge in [-0.15, -0.1) is 0 Å². The second kappa shape index (κ2) is 9.78. The summed E-state index contributed by atoms with van der Waals surface area (Å²) >= 11 is 6.12. The van der Waals surface area contributed by atoms with Gasteiger partial charge in [0.2, 0.25) is 0 Å². The Labute approximate surface area is 234 Å². The maximum absolute atomic E-state index is 12.8. The highest BCUT2D eigenvalue weighted by atomic mass is 35.5. The van der Waals surface area contributed by atoms with E-state index in [0.29, 0.717) is 29.7 Å². The Hall–Kier alpha value is -4.18. The highest BCUT2D eigenvalue weighted by Crippen LogP contribution is 2.51. The average molecular weight is 558 g/mol. The highest BCUT2D eigenvalue weighted by Gasteiger charge is 2.46. The Kier molecular flexibility index (Phi) is 6.07. The van der Waals surface area contributed by atoms with Crippen molar-refractivity contribution in [3.63, 3.8) is 0 Å². The molecule has 5 aromatic heterocycles. The first-order chi connectivity index (χ1) is 19.5. The number of pyridine rings is 2. The number of hydrogen-bond donors (Lipinski definition) is 1. The minimum absolute atomic E-state index is 0.0947. The summed E-state index contributed by atoms with van der Waals surface area (Å²) in [6, 6.07) is 5.85. The SMILES string of the molecule is CCOC(=O)C1CC1c1cc(C2CC2)cn2cc(Cn3cc(C(=O)NCc4ncn5ccc(Cl)cc45)cn3)nc12. The van der Waals surface area contributed by atoms with Crippen LogP contribution in [-0.4, -0.2) is 47.0 Å². The molecule has 1 N–H and O–H groups in total. The average Bonchev–Trinajstić information content (AvgIpc) is 3.82. The van der Waals surface area contributed by atoms with Crippen LogP contribution in [-0.2, 0) is 22.6 Å². The van der Waals surface area contributed by atoms with Crippen molar-refractivity contribution >= 4 is 34.6 Å². The number of rotatable bonds is 9. The van der Waals surface area contributed by atoms with Crippen LogP contribution in [0.25, 0.3) is 11.2 Å². The van der Waals surface area contributed by atoms with E-state index in [4.69, 9.17) is 21.3 Å². The van der Waals surface area contributed by atoms with Crippen LogP contribution in [0.2, 0.25) is 5.02 Å². The summed E-state index contributed by atoms with van der Waals surface area (Å²) in [6.07, 6.45) is 14.2. The van der Waals surface area contributed by atoms with E-state index in [2.05, 4.69) is 32.1 Å². The third kappa shape index (κ3) is 4.72. The number of nitrogens with one attached hydrogen (secondary N) is 1. The van der Waals surface area contributed by atoms with E-state index in [-0.39, 0.29) is 30.3 Å². The van der Waals surface area contributed by atoms with Crippen LogP contribution in [0.5, 0.6) is 0 Å². The number of esters is 1. The van der Waals surface area contributed by atoms with E-state index >= 15 is 0 Å². The molecule has 2 saturated carbocycles. The zero-order chi connectivity index (χ0) is 27.4. The Morgan fingerprint density at radius 3 is 2.88 bits per heavy atom. The summed E-state index contributed by atoms with van der Waals surface area (Å²) in [5.74, 6) is 0.265. The number of amides is 1. The van der Waals surface area contributed by atoms with Gasteiger partial charge in [0.25, 0.3) is 5.91 Å². The first-order valence-corrected chi connectivity index (χ1v) is 13.9. The third-order valence-corrected chi connectivity index (χ3v) is 7.93. The molecule has 1 amide bonds. The van der Waals surface area contributed by atoms with E-state index in [1.165, 1.54) is 18.4 Å². The molecule has 2 aliphatic rings. The summed E-state index contributed by atoms with van der Waals surface area (Å²) in [5, 5.41) is 7.93. The lowest BCUT2D eigenvalue weighted by atomic mass is 10.1. The van der Waals surface area contributed by atoms with Crippen molar-refractivity contribution in [3.05, 3.63) is 88.6 Å². The number of aromatic nitrogens is 6. The first-order valence-electron chi connectivity index (χ1n) is 13.6. The molecule has 7 rings (SSSR count). The van der Waals surface area contributed by atoms with Gasteiger partial charge in [0.15, 0.2) is 0 Å². The van der Waals surface area contributed by atoms with Crippen LogP contribution < -0.4 is 5.32 Å². The summed E-state index contributed by atoms with van der Waals surface area (Å²) in [4.78, 5) is 34.5. The maximum Gasteiger partial charge on any atom is 0.309 e. The summed E-state index contributed by atoms with van der Waals surface area (Å²) in [5.41, 5.74) is 6.15. The van der Waals surface area contributed by atoms with Gasteiger partial charge in [0.05, 0.1) is 60.6 Å². The fourth-order valence-corrected chi connectivity index (χ4v) is 5.55. The molecular formula is C29H28ClN7O3. The van der Waals surface area contributed by atoms with Crippen molar-refractivity contribution in [2.24, 2.45) is 5.92 Å². The van der Waals surface area contributed by atoms with Crippen LogP contribution >= 0.6 is 11.6 Å². The van der Waals surface area contributed by atoms with Gasteiger partial charge in [-0.25, -0.2) is 9.97 Å². The Morgan fingerprint density at radius 1 is 1.18 bits per heavy atom. The fourth-order valence-electron chi connectivity index (χ4n) is 5.39. The Morgan fingerprint density at radius 2 is 2.05 bits per heavy atom. The summed E-state index contributed by atoms with van der Waals surface area (Å²) in [6.45, 7) is 2.92. The fraction of sp³-hybridized carbons (Fsp3) is 0.345. The second-order valence-electron chi connectivity index (χ2n) is 10.6. The molecule has 2 fully saturated rings. The molecular weight excluding hydrogens is 530 g/mol. The first kappa shape index (κ1) is 24.8. The molecule has 0 spiro atoms. The molecule has 0 bridgehead atoms. The summed E-state index contributed by atoms with van der Waals surface area (Å²) < 4.78 is 10.9. The van der Waals surface area contributed by atoms with E-state index in [1.54, 1.807) is 29.5 Å². The van der Waals surface area contributed by atoms with E-state index in [0.717, 1.165) is 34.5 Å². The van der Waals surface area contributed by atoms with Crippen LogP contribution in [0.15, 0.2) is 55.5 Å². The molecule has 40 heavy (non-hydrogen) atoms. The molecule has 11 heteroatoms. The lowest BCUT2D eigenvalue weighted by Crippen LogP contribution is -2.22. The third-order valence-electron chi connectivity index (χ3n) is 7.70. The second-order valence-corrected chi connectivity index (χ2v) is 11.0. The van der Waals surface area contributed by atoms with Crippen molar-refractivity contribution in [1.29, 1.82) is 0 Å². The minimum atomic E-state index is -0.237. The van der Waals surface area contributed by atoms with E-state index in [9.17, 15) is 9.59 Å². The van der Waals surface area contributed by atoms with Gasteiger partial charge >= 0.3 is 5.97 Å². The highest BCUT2D eigenvalue weighted by molar-refractivity contribution is 6.30. The van der Waals surface area contributed by atoms with Gasteiger partial charge in [0.1, 0.15) is 5.65 Å². The number of halogens is 1. The molecule has 0 saturated heterocycles. The smallest absolute Gasteiger partial charge is 0.309 e. The van der Waals surface area contributed by atoms with Gasteiger partial charge in [0, 0.05) is 35.7 Å². The number of carbonyl (C=O) groups is 2. The monoisotopic (exact) mass is 557 g/mol. The maximum atomic E-state index is 12.8. The van der Waals surface area contributed by atoms with Crippen LogP contribution in [0.3, 0.4) is 0 Å². The zero-order valence-corrected chi connectivity index (χ0v) is 22.7. The number of ether oxygens (including phenoxy) is 1. The van der Waals surface area contributed by atoms with Crippen molar-refractivity contribution in [3.8, 4) is 0 Å². The van der Waals surface area contributed by atoms with E-state index in [1.807, 2.05) is 29.8 Å². The zero-order valence-electron chi connectivity index (χ0n) is 22.0.